The van der Waals surface area contributed by atoms with Gasteiger partial charge in [0.1, 0.15) is 0 Å². The molecule has 112 valence electrons. The molecule has 0 fully saturated rings. The topological polar surface area (TPSA) is 135 Å². The molecule has 0 aliphatic carbocycles. The Balaban J connectivity index is 3.68. The molecule has 20 heavy (non-hydrogen) atoms. The van der Waals surface area contributed by atoms with Crippen molar-refractivity contribution in [3.8, 4) is 11.5 Å². The molecular weight excluding hydrogens is 311 g/mol. The molecule has 2 N–H and O–H groups in total. The van der Waals surface area contributed by atoms with Crippen molar-refractivity contribution in [3.63, 3.8) is 0 Å². The Kier molecular flexibility index (Phi) is 4.04. The first-order valence-corrected chi connectivity index (χ1v) is 6.02. The number of rotatable bonds is 4. The summed E-state index contributed by atoms with van der Waals surface area (Å²) in [6, 6.07) is 0. The van der Waals surface area contributed by atoms with Crippen LogP contribution >= 0.6 is 0 Å². The first-order chi connectivity index (χ1) is 8.97. The molecular formula is C7H6F3N3O6S. The number of hydrogen-bond donors (Lipinski definition) is 1. The van der Waals surface area contributed by atoms with Gasteiger partial charge in [-0.05, 0) is 9.91 Å². The minimum absolute atomic E-state index is 0.398. The van der Waals surface area contributed by atoms with E-state index in [9.17, 15) is 31.7 Å². The lowest BCUT2D eigenvalue weighted by Crippen LogP contribution is -2.21. The Labute approximate surface area is 109 Å². The van der Waals surface area contributed by atoms with Crippen LogP contribution in [-0.2, 0) is 10.0 Å². The van der Waals surface area contributed by atoms with Crippen LogP contribution in [0.3, 0.4) is 0 Å². The van der Waals surface area contributed by atoms with E-state index in [1.165, 1.54) is 0 Å². The van der Waals surface area contributed by atoms with Crippen molar-refractivity contribution in [2.75, 3.05) is 7.11 Å². The van der Waals surface area contributed by atoms with Gasteiger partial charge in [-0.1, -0.05) is 0 Å². The van der Waals surface area contributed by atoms with E-state index in [-0.39, 0.29) is 0 Å². The van der Waals surface area contributed by atoms with E-state index in [1.54, 1.807) is 0 Å². The molecule has 1 aromatic rings. The number of halogens is 3. The molecule has 1 aromatic heterocycles. The SMILES string of the molecule is COc1c(S(N)(=O)=O)cnc([N+](=O)[O-])c1OC(F)(F)F. The van der Waals surface area contributed by atoms with Crippen LogP contribution in [-0.4, -0.2) is 31.8 Å². The van der Waals surface area contributed by atoms with Gasteiger partial charge in [-0.25, -0.2) is 13.6 Å². The van der Waals surface area contributed by atoms with Gasteiger partial charge < -0.3 is 19.6 Å². The number of pyridine rings is 1. The molecule has 0 saturated carbocycles. The average Bonchev–Trinajstić information content (AvgIpc) is 2.24. The second-order valence-corrected chi connectivity index (χ2v) is 4.69. The normalized spacial score (nSPS) is 12.1. The summed E-state index contributed by atoms with van der Waals surface area (Å²) in [5.74, 6) is -3.94. The highest BCUT2D eigenvalue weighted by Gasteiger charge is 2.39. The molecule has 0 atom stereocenters. The third-order valence-corrected chi connectivity index (χ3v) is 2.74. The summed E-state index contributed by atoms with van der Waals surface area (Å²) < 4.78 is 66.8. The van der Waals surface area contributed by atoms with Crippen LogP contribution < -0.4 is 14.6 Å². The number of nitrogens with two attached hydrogens (primary N) is 1. The third kappa shape index (κ3) is 3.45. The van der Waals surface area contributed by atoms with Crippen LogP contribution in [0.25, 0.3) is 0 Å². The summed E-state index contributed by atoms with van der Waals surface area (Å²) in [7, 11) is -3.73. The molecule has 0 bridgehead atoms. The molecule has 0 spiro atoms. The fourth-order valence-electron chi connectivity index (χ4n) is 1.18. The van der Waals surface area contributed by atoms with E-state index < -0.39 is 43.5 Å². The number of aromatic nitrogens is 1. The van der Waals surface area contributed by atoms with Crippen molar-refractivity contribution in [1.29, 1.82) is 0 Å². The molecule has 0 amide bonds. The van der Waals surface area contributed by atoms with Crippen LogP contribution in [0.4, 0.5) is 19.0 Å². The number of hydrogen-bond acceptors (Lipinski definition) is 7. The lowest BCUT2D eigenvalue weighted by atomic mass is 10.4. The average molecular weight is 317 g/mol. The number of methoxy groups -OCH3 is 1. The maximum Gasteiger partial charge on any atom is 0.573 e. The maximum absolute atomic E-state index is 12.2. The van der Waals surface area contributed by atoms with Crippen LogP contribution in [0.1, 0.15) is 0 Å². The smallest absolute Gasteiger partial charge is 0.491 e. The second-order valence-electron chi connectivity index (χ2n) is 3.16. The predicted octanol–water partition coefficient (Wildman–Crippen LogP) is 0.544. The first kappa shape index (κ1) is 15.9. The van der Waals surface area contributed by atoms with Gasteiger partial charge in [0.2, 0.25) is 10.0 Å². The van der Waals surface area contributed by atoms with Gasteiger partial charge in [0.25, 0.3) is 5.75 Å². The van der Waals surface area contributed by atoms with Gasteiger partial charge in [0.05, 0.1) is 7.11 Å². The zero-order chi connectivity index (χ0) is 15.7. The number of nitrogens with zero attached hydrogens (tertiary/aromatic N) is 2. The Morgan fingerprint density at radius 3 is 2.30 bits per heavy atom. The number of primary sulfonamides is 1. The zero-order valence-electron chi connectivity index (χ0n) is 9.54. The fourth-order valence-corrected chi connectivity index (χ4v) is 1.82. The van der Waals surface area contributed by atoms with Crippen LogP contribution in [0.2, 0.25) is 0 Å². The minimum atomic E-state index is -5.32. The van der Waals surface area contributed by atoms with E-state index >= 15 is 0 Å². The predicted molar refractivity (Wildman–Crippen MR) is 55.5 cm³/mol. The fraction of sp³-hybridized carbons (Fsp3) is 0.286. The number of sulfonamides is 1. The van der Waals surface area contributed by atoms with Crippen molar-refractivity contribution in [1.82, 2.24) is 4.98 Å². The van der Waals surface area contributed by atoms with Crippen molar-refractivity contribution in [2.24, 2.45) is 5.14 Å². The summed E-state index contributed by atoms with van der Waals surface area (Å²) >= 11 is 0. The number of ether oxygens (including phenoxy) is 2. The van der Waals surface area contributed by atoms with Crippen molar-refractivity contribution < 1.29 is 36.0 Å². The Bertz CT molecular complexity index is 644. The molecule has 0 radical (unpaired) electrons. The van der Waals surface area contributed by atoms with Crippen molar-refractivity contribution in [3.05, 3.63) is 16.3 Å². The van der Waals surface area contributed by atoms with E-state index in [0.29, 0.717) is 6.20 Å². The number of alkyl halides is 3. The van der Waals surface area contributed by atoms with E-state index in [0.717, 1.165) is 7.11 Å². The molecule has 0 aliphatic heterocycles. The van der Waals surface area contributed by atoms with Crippen LogP contribution in [0.5, 0.6) is 11.5 Å². The van der Waals surface area contributed by atoms with E-state index in [4.69, 9.17) is 5.14 Å². The quantitative estimate of drug-likeness (QED) is 0.632. The monoisotopic (exact) mass is 317 g/mol. The highest BCUT2D eigenvalue weighted by Crippen LogP contribution is 2.42. The standard InChI is InChI=1S/C7H6F3N3O6S/c1-18-4-3(20(11,16)17)2-12-6(13(14)15)5(4)19-7(8,9)10/h2H,1H3,(H2,11,16,17). The molecule has 13 heteroatoms. The van der Waals surface area contributed by atoms with Gasteiger partial charge >= 0.3 is 12.2 Å². The van der Waals surface area contributed by atoms with Crippen LogP contribution in [0.15, 0.2) is 11.1 Å². The zero-order valence-corrected chi connectivity index (χ0v) is 10.4. The summed E-state index contributed by atoms with van der Waals surface area (Å²) in [6.07, 6.45) is -4.92. The molecule has 0 saturated heterocycles. The van der Waals surface area contributed by atoms with Crippen molar-refractivity contribution in [2.45, 2.75) is 11.3 Å². The minimum Gasteiger partial charge on any atom is -0.491 e. The lowest BCUT2D eigenvalue weighted by molar-refractivity contribution is -0.393. The third-order valence-electron chi connectivity index (χ3n) is 1.84. The Morgan fingerprint density at radius 1 is 1.40 bits per heavy atom. The second kappa shape index (κ2) is 5.09. The largest absolute Gasteiger partial charge is 0.573 e. The highest BCUT2D eigenvalue weighted by molar-refractivity contribution is 7.89. The summed E-state index contributed by atoms with van der Waals surface area (Å²) in [5.41, 5.74) is 0. The van der Waals surface area contributed by atoms with Crippen LogP contribution in [0, 0.1) is 10.1 Å². The Hall–Kier alpha value is -2.15. The number of nitro groups is 1. The summed E-state index contributed by atoms with van der Waals surface area (Å²) in [4.78, 5) is 11.3. The maximum atomic E-state index is 12.2. The van der Waals surface area contributed by atoms with Crippen molar-refractivity contribution >= 4 is 15.8 Å². The molecule has 0 aromatic carbocycles. The summed E-state index contributed by atoms with van der Waals surface area (Å²) in [6.45, 7) is 0. The van der Waals surface area contributed by atoms with Gasteiger partial charge in [0, 0.05) is 0 Å². The molecule has 0 aliphatic rings. The van der Waals surface area contributed by atoms with E-state index in [2.05, 4.69) is 14.5 Å². The molecule has 0 unspecified atom stereocenters. The summed E-state index contributed by atoms with van der Waals surface area (Å²) in [5, 5.41) is 15.3. The molecule has 9 nitrogen and oxygen atoms in total. The highest BCUT2D eigenvalue weighted by atomic mass is 32.2. The lowest BCUT2D eigenvalue weighted by Gasteiger charge is -2.13. The van der Waals surface area contributed by atoms with E-state index in [1.807, 2.05) is 0 Å². The Morgan fingerprint density at radius 2 is 1.95 bits per heavy atom. The first-order valence-electron chi connectivity index (χ1n) is 4.47. The van der Waals surface area contributed by atoms with Gasteiger partial charge in [-0.3, -0.25) is 0 Å². The van der Waals surface area contributed by atoms with Gasteiger partial charge in [-0.2, -0.15) is 0 Å². The van der Waals surface area contributed by atoms with Gasteiger partial charge in [-0.15, -0.1) is 13.2 Å². The molecule has 1 rings (SSSR count). The molecule has 1 heterocycles. The van der Waals surface area contributed by atoms with Gasteiger partial charge in [0.15, 0.2) is 16.8 Å².